The lowest BCUT2D eigenvalue weighted by Gasteiger charge is -2.02. The van der Waals surface area contributed by atoms with Gasteiger partial charge in [0, 0.05) is 4.47 Å². The molecule has 112 valence electrons. The molecule has 0 bridgehead atoms. The molecule has 22 heavy (non-hydrogen) atoms. The van der Waals surface area contributed by atoms with Crippen LogP contribution in [0.4, 0.5) is 0 Å². The van der Waals surface area contributed by atoms with E-state index in [2.05, 4.69) is 21.1 Å². The van der Waals surface area contributed by atoms with E-state index in [4.69, 9.17) is 4.84 Å². The fourth-order valence-electron chi connectivity index (χ4n) is 2.45. The van der Waals surface area contributed by atoms with Gasteiger partial charge in [0.05, 0.1) is 11.6 Å². The smallest absolute Gasteiger partial charge is 0.318 e. The SMILES string of the molecule is C/C(=N\OC(=O)[C@H]1C[C@H]1c1ccccc1)c1ccc(Br)cc1. The second kappa shape index (κ2) is 6.44. The van der Waals surface area contributed by atoms with Gasteiger partial charge in [-0.1, -0.05) is 63.6 Å². The number of benzene rings is 2. The normalized spacial score (nSPS) is 20.5. The average Bonchev–Trinajstić information content (AvgIpc) is 3.34. The number of hydrogen-bond donors (Lipinski definition) is 0. The monoisotopic (exact) mass is 357 g/mol. The van der Waals surface area contributed by atoms with Gasteiger partial charge in [-0.25, -0.2) is 4.79 Å². The fraction of sp³-hybridized carbons (Fsp3) is 0.222. The Morgan fingerprint density at radius 3 is 2.50 bits per heavy atom. The van der Waals surface area contributed by atoms with Crippen molar-refractivity contribution in [3.05, 3.63) is 70.2 Å². The lowest BCUT2D eigenvalue weighted by molar-refractivity contribution is -0.145. The molecule has 1 saturated carbocycles. The first-order valence-corrected chi connectivity index (χ1v) is 8.01. The molecule has 0 unspecified atom stereocenters. The van der Waals surface area contributed by atoms with Crippen molar-refractivity contribution in [1.29, 1.82) is 0 Å². The molecular weight excluding hydrogens is 342 g/mol. The van der Waals surface area contributed by atoms with E-state index in [9.17, 15) is 4.79 Å². The summed E-state index contributed by atoms with van der Waals surface area (Å²) in [7, 11) is 0. The molecule has 0 N–H and O–H groups in total. The summed E-state index contributed by atoms with van der Waals surface area (Å²) in [5, 5.41) is 3.97. The lowest BCUT2D eigenvalue weighted by atomic mass is 10.1. The molecule has 0 saturated heterocycles. The van der Waals surface area contributed by atoms with Crippen LogP contribution in [-0.2, 0) is 9.63 Å². The van der Waals surface area contributed by atoms with Crippen LogP contribution in [0.3, 0.4) is 0 Å². The van der Waals surface area contributed by atoms with Gasteiger partial charge in [-0.15, -0.1) is 0 Å². The van der Waals surface area contributed by atoms with E-state index in [0.29, 0.717) is 5.71 Å². The maximum Gasteiger partial charge on any atom is 0.338 e. The number of rotatable bonds is 4. The Morgan fingerprint density at radius 1 is 1.14 bits per heavy atom. The van der Waals surface area contributed by atoms with Gasteiger partial charge in [-0.2, -0.15) is 0 Å². The molecule has 0 spiro atoms. The standard InChI is InChI=1S/C18H16BrNO2/c1-12(13-7-9-15(19)10-8-13)20-22-18(21)17-11-16(17)14-5-3-2-4-6-14/h2-10,16-17H,11H2,1H3/b20-12+/t16-,17-/m0/s1. The molecule has 0 heterocycles. The van der Waals surface area contributed by atoms with Gasteiger partial charge in [0.1, 0.15) is 0 Å². The molecule has 2 atom stereocenters. The largest absolute Gasteiger partial charge is 0.338 e. The molecule has 1 fully saturated rings. The zero-order valence-corrected chi connectivity index (χ0v) is 13.8. The molecule has 0 radical (unpaired) electrons. The van der Waals surface area contributed by atoms with Gasteiger partial charge in [0.25, 0.3) is 0 Å². The van der Waals surface area contributed by atoms with Gasteiger partial charge in [-0.3, -0.25) is 0 Å². The molecule has 3 nitrogen and oxygen atoms in total. The van der Waals surface area contributed by atoms with Crippen molar-refractivity contribution in [3.8, 4) is 0 Å². The predicted octanol–water partition coefficient (Wildman–Crippen LogP) is 4.52. The first-order valence-electron chi connectivity index (χ1n) is 7.21. The van der Waals surface area contributed by atoms with Crippen molar-refractivity contribution in [2.45, 2.75) is 19.3 Å². The number of nitrogens with zero attached hydrogens (tertiary/aromatic N) is 1. The molecule has 4 heteroatoms. The lowest BCUT2D eigenvalue weighted by Crippen LogP contribution is -2.06. The van der Waals surface area contributed by atoms with Crippen LogP contribution in [0.5, 0.6) is 0 Å². The molecule has 2 aromatic carbocycles. The molecule has 0 aromatic heterocycles. The minimum absolute atomic E-state index is 0.0659. The topological polar surface area (TPSA) is 38.7 Å². The highest BCUT2D eigenvalue weighted by atomic mass is 79.9. The molecule has 1 aliphatic carbocycles. The highest BCUT2D eigenvalue weighted by Crippen LogP contribution is 2.48. The fourth-order valence-corrected chi connectivity index (χ4v) is 2.71. The molecule has 3 rings (SSSR count). The van der Waals surface area contributed by atoms with Gasteiger partial charge >= 0.3 is 5.97 Å². The first kappa shape index (κ1) is 15.0. The van der Waals surface area contributed by atoms with Gasteiger partial charge < -0.3 is 4.84 Å². The van der Waals surface area contributed by atoms with E-state index in [1.165, 1.54) is 5.56 Å². The van der Waals surface area contributed by atoms with Crippen molar-refractivity contribution < 1.29 is 9.63 Å². The molecule has 1 aliphatic rings. The van der Waals surface area contributed by atoms with Gasteiger partial charge in [-0.05, 0) is 42.5 Å². The van der Waals surface area contributed by atoms with Crippen molar-refractivity contribution in [2.24, 2.45) is 11.1 Å². The predicted molar refractivity (Wildman–Crippen MR) is 89.7 cm³/mol. The van der Waals surface area contributed by atoms with E-state index >= 15 is 0 Å². The Bertz CT molecular complexity index is 695. The van der Waals surface area contributed by atoms with Crippen LogP contribution in [0, 0.1) is 5.92 Å². The third-order valence-electron chi connectivity index (χ3n) is 3.86. The Kier molecular flexibility index (Phi) is 4.39. The van der Waals surface area contributed by atoms with E-state index in [1.807, 2.05) is 61.5 Å². The minimum Gasteiger partial charge on any atom is -0.318 e. The van der Waals surface area contributed by atoms with Crippen LogP contribution in [0.2, 0.25) is 0 Å². The Balaban J connectivity index is 1.59. The Morgan fingerprint density at radius 2 is 1.82 bits per heavy atom. The summed E-state index contributed by atoms with van der Waals surface area (Å²) in [4.78, 5) is 17.1. The zero-order chi connectivity index (χ0) is 15.5. The summed E-state index contributed by atoms with van der Waals surface area (Å²) in [6.07, 6.45) is 0.843. The third-order valence-corrected chi connectivity index (χ3v) is 4.38. The van der Waals surface area contributed by atoms with E-state index in [-0.39, 0.29) is 17.8 Å². The third kappa shape index (κ3) is 3.45. The zero-order valence-electron chi connectivity index (χ0n) is 12.2. The molecular formula is C18H16BrNO2. The second-order valence-electron chi connectivity index (χ2n) is 5.45. The Hall–Kier alpha value is -1.94. The number of halogens is 1. The number of hydrogen-bond acceptors (Lipinski definition) is 3. The van der Waals surface area contributed by atoms with Crippen LogP contribution in [0.25, 0.3) is 0 Å². The Labute approximate surface area is 138 Å². The quantitative estimate of drug-likeness (QED) is 0.458. The number of carbonyl (C=O) groups is 1. The van der Waals surface area contributed by atoms with Crippen molar-refractivity contribution in [1.82, 2.24) is 0 Å². The van der Waals surface area contributed by atoms with Crippen LogP contribution in [0.15, 0.2) is 64.2 Å². The van der Waals surface area contributed by atoms with Crippen LogP contribution >= 0.6 is 15.9 Å². The summed E-state index contributed by atoms with van der Waals surface area (Å²) in [5.41, 5.74) is 2.82. The highest BCUT2D eigenvalue weighted by Gasteiger charge is 2.45. The summed E-state index contributed by atoms with van der Waals surface area (Å²) in [5.74, 6) is -0.0360. The van der Waals surface area contributed by atoms with E-state index < -0.39 is 0 Å². The van der Waals surface area contributed by atoms with E-state index in [1.54, 1.807) is 0 Å². The highest BCUT2D eigenvalue weighted by molar-refractivity contribution is 9.10. The number of carbonyl (C=O) groups excluding carboxylic acids is 1. The van der Waals surface area contributed by atoms with Crippen LogP contribution < -0.4 is 0 Å². The van der Waals surface area contributed by atoms with Crippen molar-refractivity contribution in [2.75, 3.05) is 0 Å². The maximum atomic E-state index is 12.0. The number of oxime groups is 1. The summed E-state index contributed by atoms with van der Waals surface area (Å²) < 4.78 is 1.00. The second-order valence-corrected chi connectivity index (χ2v) is 6.37. The minimum atomic E-state index is -0.245. The van der Waals surface area contributed by atoms with Crippen LogP contribution in [-0.4, -0.2) is 11.7 Å². The molecule has 2 aromatic rings. The van der Waals surface area contributed by atoms with Crippen molar-refractivity contribution in [3.63, 3.8) is 0 Å². The van der Waals surface area contributed by atoms with Crippen molar-refractivity contribution >= 4 is 27.6 Å². The van der Waals surface area contributed by atoms with Gasteiger partial charge in [0.15, 0.2) is 0 Å². The summed E-state index contributed by atoms with van der Waals surface area (Å²) in [6, 6.07) is 17.8. The van der Waals surface area contributed by atoms with E-state index in [0.717, 1.165) is 16.5 Å². The first-order chi connectivity index (χ1) is 10.6. The van der Waals surface area contributed by atoms with Crippen LogP contribution in [0.1, 0.15) is 30.4 Å². The maximum absolute atomic E-state index is 12.0. The summed E-state index contributed by atoms with van der Waals surface area (Å²) >= 11 is 3.39. The van der Waals surface area contributed by atoms with Gasteiger partial charge in [0.2, 0.25) is 0 Å². The summed E-state index contributed by atoms with van der Waals surface area (Å²) in [6.45, 7) is 1.83. The molecule has 0 amide bonds. The molecule has 0 aliphatic heterocycles. The average molecular weight is 358 g/mol.